The highest BCUT2D eigenvalue weighted by Gasteiger charge is 2.38. The lowest BCUT2D eigenvalue weighted by molar-refractivity contribution is -0.268. The number of aliphatic hydroxyl groups excluding tert-OH is 1. The number of amides is 1. The average molecular weight is 527 g/mol. The topological polar surface area (TPSA) is 80.7 Å². The lowest BCUT2D eigenvalue weighted by Crippen LogP contribution is -2.38. The van der Waals surface area contributed by atoms with Gasteiger partial charge in [-0.05, 0) is 47.5 Å². The second-order valence-corrected chi connectivity index (χ2v) is 10.4. The molecule has 1 aromatic heterocycles. The molecule has 6 nitrogen and oxygen atoms in total. The highest BCUT2D eigenvalue weighted by atomic mass is 32.2. The molecule has 2 N–H and O–H groups in total. The van der Waals surface area contributed by atoms with Gasteiger partial charge in [0.05, 0.1) is 24.4 Å². The third-order valence-corrected chi connectivity index (χ3v) is 7.75. The number of nitrogens with zero attached hydrogens (tertiary/aromatic N) is 1. The minimum absolute atomic E-state index is 0.00705. The van der Waals surface area contributed by atoms with Crippen LogP contribution in [0.3, 0.4) is 0 Å². The van der Waals surface area contributed by atoms with E-state index in [0.717, 1.165) is 22.4 Å². The van der Waals surface area contributed by atoms with Crippen LogP contribution in [0, 0.1) is 5.92 Å². The Morgan fingerprint density at radius 1 is 0.921 bits per heavy atom. The van der Waals surface area contributed by atoms with Crippen molar-refractivity contribution in [1.82, 2.24) is 4.98 Å². The van der Waals surface area contributed by atoms with Crippen LogP contribution in [0.15, 0.2) is 108 Å². The van der Waals surface area contributed by atoms with Gasteiger partial charge < -0.3 is 19.9 Å². The van der Waals surface area contributed by atoms with Crippen molar-refractivity contribution in [2.75, 3.05) is 11.1 Å². The number of aromatic nitrogens is 1. The van der Waals surface area contributed by atoms with Crippen molar-refractivity contribution >= 4 is 23.4 Å². The Labute approximate surface area is 227 Å². The zero-order chi connectivity index (χ0) is 26.3. The smallest absolute Gasteiger partial charge is 0.257 e. The van der Waals surface area contributed by atoms with E-state index >= 15 is 0 Å². The molecule has 3 aromatic carbocycles. The van der Waals surface area contributed by atoms with Crippen LogP contribution < -0.4 is 5.32 Å². The largest absolute Gasteiger partial charge is 0.392 e. The first kappa shape index (κ1) is 26.1. The van der Waals surface area contributed by atoms with Gasteiger partial charge in [-0.15, -0.1) is 11.8 Å². The normalized spacial score (nSPS) is 21.1. The molecule has 1 saturated heterocycles. The minimum Gasteiger partial charge on any atom is -0.392 e. The Morgan fingerprint density at radius 3 is 2.34 bits per heavy atom. The number of carbonyl (C=O) groups is 1. The van der Waals surface area contributed by atoms with Gasteiger partial charge in [0.2, 0.25) is 0 Å². The predicted octanol–water partition coefficient (Wildman–Crippen LogP) is 6.41. The number of thioether (sulfide) groups is 1. The van der Waals surface area contributed by atoms with Crippen LogP contribution >= 0.6 is 11.8 Å². The van der Waals surface area contributed by atoms with E-state index in [2.05, 4.69) is 29.4 Å². The standard InChI is InChI=1S/C31H30N2O4S/c1-21-28(20-38-27-7-3-2-4-8-27)36-31(37-29(21)23-11-9-22(19-34)10-12-23)24-13-15-26(16-14-24)33-30(35)25-6-5-17-32-18-25/h2-18,21,28-29,31,34H,19-20H2,1H3,(H,33,35)/t21-,28+,29+,31+/m1/s1. The molecular weight excluding hydrogens is 496 g/mol. The third kappa shape index (κ3) is 6.31. The first-order valence-corrected chi connectivity index (χ1v) is 13.6. The fourth-order valence-electron chi connectivity index (χ4n) is 4.43. The first-order valence-electron chi connectivity index (χ1n) is 12.6. The summed E-state index contributed by atoms with van der Waals surface area (Å²) >= 11 is 1.77. The zero-order valence-corrected chi connectivity index (χ0v) is 21.9. The van der Waals surface area contributed by atoms with Crippen LogP contribution in [0.2, 0.25) is 0 Å². The second-order valence-electron chi connectivity index (χ2n) is 9.26. The molecule has 0 saturated carbocycles. The van der Waals surface area contributed by atoms with Gasteiger partial charge in [-0.25, -0.2) is 0 Å². The van der Waals surface area contributed by atoms with Crippen LogP contribution in [0.4, 0.5) is 5.69 Å². The summed E-state index contributed by atoms with van der Waals surface area (Å²) in [6.07, 6.45) is 2.39. The molecular formula is C31H30N2O4S. The molecule has 4 aromatic rings. The molecule has 4 atom stereocenters. The van der Waals surface area contributed by atoms with Gasteiger partial charge in [0.15, 0.2) is 6.29 Å². The predicted molar refractivity (Wildman–Crippen MR) is 149 cm³/mol. The van der Waals surface area contributed by atoms with E-state index in [-0.39, 0.29) is 30.6 Å². The van der Waals surface area contributed by atoms with Gasteiger partial charge in [0, 0.05) is 40.2 Å². The molecule has 0 aliphatic carbocycles. The molecule has 0 bridgehead atoms. The van der Waals surface area contributed by atoms with Gasteiger partial charge in [-0.2, -0.15) is 0 Å². The summed E-state index contributed by atoms with van der Waals surface area (Å²) in [7, 11) is 0. The van der Waals surface area contributed by atoms with Crippen molar-refractivity contribution in [1.29, 1.82) is 0 Å². The SMILES string of the molecule is C[C@@H]1[C@H](CSc2ccccc2)O[C@H](c2ccc(NC(=O)c3cccnc3)cc2)O[C@@H]1c1ccc(CO)cc1. The van der Waals surface area contributed by atoms with E-state index in [9.17, 15) is 9.90 Å². The van der Waals surface area contributed by atoms with Gasteiger partial charge in [0.25, 0.3) is 5.91 Å². The van der Waals surface area contributed by atoms with Crippen molar-refractivity contribution in [3.05, 3.63) is 126 Å². The van der Waals surface area contributed by atoms with E-state index in [0.29, 0.717) is 11.3 Å². The van der Waals surface area contributed by atoms with Gasteiger partial charge >= 0.3 is 0 Å². The number of hydrogen-bond donors (Lipinski definition) is 2. The maximum absolute atomic E-state index is 12.5. The summed E-state index contributed by atoms with van der Waals surface area (Å²) in [5.74, 6) is 0.685. The highest BCUT2D eigenvalue weighted by Crippen LogP contribution is 2.43. The van der Waals surface area contributed by atoms with Crippen molar-refractivity contribution in [2.45, 2.75) is 36.9 Å². The molecule has 38 heavy (non-hydrogen) atoms. The fourth-order valence-corrected chi connectivity index (χ4v) is 5.52. The number of rotatable bonds is 8. The number of pyridine rings is 1. The van der Waals surface area contributed by atoms with Crippen LogP contribution in [-0.2, 0) is 16.1 Å². The molecule has 0 unspecified atom stereocenters. The van der Waals surface area contributed by atoms with E-state index in [1.807, 2.05) is 66.7 Å². The first-order chi connectivity index (χ1) is 18.6. The van der Waals surface area contributed by atoms with Crippen LogP contribution in [0.25, 0.3) is 0 Å². The van der Waals surface area contributed by atoms with Crippen LogP contribution in [0.1, 0.15) is 46.4 Å². The number of anilines is 1. The summed E-state index contributed by atoms with van der Waals surface area (Å²) in [6, 6.07) is 29.2. The lowest BCUT2D eigenvalue weighted by Gasteiger charge is -2.41. The van der Waals surface area contributed by atoms with E-state index in [4.69, 9.17) is 9.47 Å². The molecule has 194 valence electrons. The molecule has 0 spiro atoms. The van der Waals surface area contributed by atoms with Crippen molar-refractivity contribution in [3.63, 3.8) is 0 Å². The number of aliphatic hydroxyl groups is 1. The summed E-state index contributed by atoms with van der Waals surface area (Å²) in [5.41, 5.74) is 3.98. The van der Waals surface area contributed by atoms with Gasteiger partial charge in [0.1, 0.15) is 0 Å². The van der Waals surface area contributed by atoms with Crippen LogP contribution in [-0.4, -0.2) is 27.9 Å². The number of hydrogen-bond acceptors (Lipinski definition) is 6. The second kappa shape index (κ2) is 12.4. The number of nitrogens with one attached hydrogen (secondary N) is 1. The Hall–Kier alpha value is -3.49. The maximum atomic E-state index is 12.5. The number of carbonyl (C=O) groups excluding carboxylic acids is 1. The van der Waals surface area contributed by atoms with Crippen molar-refractivity contribution in [2.24, 2.45) is 5.92 Å². The molecule has 1 aliphatic heterocycles. The number of benzene rings is 3. The summed E-state index contributed by atoms with van der Waals surface area (Å²) in [4.78, 5) is 17.7. The Kier molecular flexibility index (Phi) is 8.51. The Morgan fingerprint density at radius 2 is 1.66 bits per heavy atom. The molecule has 5 rings (SSSR count). The highest BCUT2D eigenvalue weighted by molar-refractivity contribution is 7.99. The lowest BCUT2D eigenvalue weighted by atomic mass is 9.91. The quantitative estimate of drug-likeness (QED) is 0.258. The molecule has 1 amide bonds. The monoisotopic (exact) mass is 526 g/mol. The molecule has 1 aliphatic rings. The molecule has 0 radical (unpaired) electrons. The van der Waals surface area contributed by atoms with E-state index < -0.39 is 6.29 Å². The van der Waals surface area contributed by atoms with E-state index in [1.54, 1.807) is 30.1 Å². The van der Waals surface area contributed by atoms with Crippen molar-refractivity contribution in [3.8, 4) is 0 Å². The Bertz CT molecular complexity index is 1320. The summed E-state index contributed by atoms with van der Waals surface area (Å²) in [5, 5.41) is 12.4. The zero-order valence-electron chi connectivity index (χ0n) is 21.1. The maximum Gasteiger partial charge on any atom is 0.257 e. The van der Waals surface area contributed by atoms with Gasteiger partial charge in [-0.1, -0.05) is 61.5 Å². The Balaban J connectivity index is 1.34. The summed E-state index contributed by atoms with van der Waals surface area (Å²) in [6.45, 7) is 2.17. The summed E-state index contributed by atoms with van der Waals surface area (Å²) < 4.78 is 13.0. The third-order valence-electron chi connectivity index (χ3n) is 6.65. The van der Waals surface area contributed by atoms with Crippen molar-refractivity contribution < 1.29 is 19.4 Å². The molecule has 1 fully saturated rings. The van der Waals surface area contributed by atoms with E-state index in [1.165, 1.54) is 11.1 Å². The molecule has 7 heteroatoms. The average Bonchev–Trinajstić information content (AvgIpc) is 2.98. The van der Waals surface area contributed by atoms with Gasteiger partial charge in [-0.3, -0.25) is 9.78 Å². The molecule has 2 heterocycles. The van der Waals surface area contributed by atoms with Crippen LogP contribution in [0.5, 0.6) is 0 Å². The fraction of sp³-hybridized carbons (Fsp3) is 0.226. The minimum atomic E-state index is -0.557. The number of ether oxygens (including phenoxy) is 2.